The van der Waals surface area contributed by atoms with Crippen LogP contribution in [-0.4, -0.2) is 0 Å². The third-order valence-electron chi connectivity index (χ3n) is 0. The normalized spacial score (nSPS) is 0. The molecule has 0 rings (SSSR count). The first-order valence-electron chi connectivity index (χ1n) is 0. The molecule has 0 saturated heterocycles. The molecule has 0 fully saturated rings. The van der Waals surface area contributed by atoms with E-state index in [9.17, 15) is 0 Å². The Labute approximate surface area is 97.5 Å². The van der Waals surface area contributed by atoms with Crippen molar-refractivity contribution in [2.75, 3.05) is 0 Å². The van der Waals surface area contributed by atoms with Crippen molar-refractivity contribution in [3.05, 3.63) is 0 Å². The van der Waals surface area contributed by atoms with E-state index in [0.29, 0.717) is 0 Å². The maximum absolute atomic E-state index is 0. The van der Waals surface area contributed by atoms with Gasteiger partial charge in [0, 0.05) is 0 Å². The Hall–Kier alpha value is 3.07. The van der Waals surface area contributed by atoms with Gasteiger partial charge in [-0.2, -0.15) is 0 Å². The van der Waals surface area contributed by atoms with E-state index in [2.05, 4.69) is 0 Å². The minimum absolute atomic E-state index is 0. The number of hydrogen-bond donors (Lipinski definition) is 0. The van der Waals surface area contributed by atoms with Gasteiger partial charge in [-0.15, -0.1) is 0 Å². The molecule has 0 saturated carbocycles. The largest absolute Gasteiger partial charge is 4.00 e. The monoisotopic (exact) mass is 472 g/mol. The van der Waals surface area contributed by atoms with Gasteiger partial charge in [-0.25, -0.2) is 0 Å². The van der Waals surface area contributed by atoms with Gasteiger partial charge < -0.3 is 73.4 Å². The zero-order valence-electron chi connectivity index (χ0n) is 2.63. The van der Waals surface area contributed by atoms with Crippen LogP contribution >= 0.6 is 0 Å². The molecule has 4 heteroatoms. The molecule has 0 atom stereocenters. The van der Waals surface area contributed by atoms with E-state index in [4.69, 9.17) is 0 Å². The maximum atomic E-state index is 0. The quantitative estimate of drug-likeness (QED) is 0.307. The molecule has 0 nitrogen and oxygen atoms in total. The second kappa shape index (κ2) is 16.6. The Balaban J connectivity index is 0. The van der Waals surface area contributed by atoms with Crippen LogP contribution in [0.1, 0.15) is 1.43 Å². The van der Waals surface area contributed by atoms with E-state index in [-0.39, 0.29) is 99.6 Å². The Kier molecular flexibility index (Phi) is 114. The Bertz CT molecular complexity index is 6.85. The second-order valence-electron chi connectivity index (χ2n) is 0. The molecule has 0 heterocycles. The smallest absolute Gasteiger partial charge is 1.00 e. The molecule has 4 heavy (non-hydrogen) atoms. The van der Waals surface area contributed by atoms with E-state index < -0.39 is 0 Å². The van der Waals surface area contributed by atoms with Crippen LogP contribution in [0.3, 0.4) is 0 Å². The average molecular weight is 473 g/mol. The van der Waals surface area contributed by atoms with Gasteiger partial charge in [-0.1, -0.05) is 0 Å². The Morgan fingerprint density at radius 2 is 0.750 bits per heavy atom. The predicted octanol–water partition coefficient (Wildman–Crippen LogP) is -8.88. The summed E-state index contributed by atoms with van der Waals surface area (Å²) in [4.78, 5) is 0. The summed E-state index contributed by atoms with van der Waals surface area (Å²) in [7, 11) is 0. The molecular formula is HI3Zr. The van der Waals surface area contributed by atoms with Gasteiger partial charge in [0.15, 0.2) is 0 Å². The van der Waals surface area contributed by atoms with Crippen LogP contribution in [0.2, 0.25) is 0 Å². The molecule has 0 aromatic heterocycles. The molecule has 0 spiro atoms. The van der Waals surface area contributed by atoms with Crippen molar-refractivity contribution in [3.63, 3.8) is 0 Å². The van der Waals surface area contributed by atoms with Gasteiger partial charge in [0.05, 0.1) is 0 Å². The van der Waals surface area contributed by atoms with Gasteiger partial charge in [0.25, 0.3) is 0 Å². The molecule has 26 valence electrons. The average Bonchev–Trinajstić information content (AvgIpc) is 0. The van der Waals surface area contributed by atoms with Gasteiger partial charge in [0.1, 0.15) is 0 Å². The molecule has 0 amide bonds. The summed E-state index contributed by atoms with van der Waals surface area (Å²) < 4.78 is 0. The second-order valence-corrected chi connectivity index (χ2v) is 0. The molecule has 0 aromatic carbocycles. The summed E-state index contributed by atoms with van der Waals surface area (Å²) >= 11 is 0. The Morgan fingerprint density at radius 1 is 0.750 bits per heavy atom. The first-order chi connectivity index (χ1) is 0. The van der Waals surface area contributed by atoms with E-state index in [1.54, 1.807) is 0 Å². The molecule has 0 aliphatic heterocycles. The van der Waals surface area contributed by atoms with Crippen molar-refractivity contribution in [2.24, 2.45) is 0 Å². The fraction of sp³-hybridized carbons (Fsp3) is 0. The molecule has 0 aliphatic rings. The minimum Gasteiger partial charge on any atom is -1.00 e. The van der Waals surface area contributed by atoms with Crippen molar-refractivity contribution in [2.45, 2.75) is 0 Å². The van der Waals surface area contributed by atoms with E-state index in [1.165, 1.54) is 0 Å². The summed E-state index contributed by atoms with van der Waals surface area (Å²) in [6.45, 7) is 0. The first kappa shape index (κ1) is 27.6. The third kappa shape index (κ3) is 8.91. The summed E-state index contributed by atoms with van der Waals surface area (Å²) in [5.41, 5.74) is 0. The van der Waals surface area contributed by atoms with Crippen molar-refractivity contribution >= 4 is 0 Å². The van der Waals surface area contributed by atoms with E-state index >= 15 is 0 Å². The zero-order valence-corrected chi connectivity index (χ0v) is 10.6. The van der Waals surface area contributed by atoms with Crippen molar-refractivity contribution in [1.29, 1.82) is 0 Å². The standard InChI is InChI=1S/3HI.Zr.H/h3*1H;;/q;;;+4;-1/p-3. The first-order valence-corrected chi connectivity index (χ1v) is 0. The molecule has 0 bridgehead atoms. The molecular weight excluding hydrogens is 472 g/mol. The van der Waals surface area contributed by atoms with Crippen LogP contribution in [0.25, 0.3) is 0 Å². The topological polar surface area (TPSA) is 0 Å². The van der Waals surface area contributed by atoms with Crippen molar-refractivity contribution in [3.8, 4) is 0 Å². The van der Waals surface area contributed by atoms with Gasteiger partial charge in [0.2, 0.25) is 0 Å². The third-order valence-corrected chi connectivity index (χ3v) is 0. The van der Waals surface area contributed by atoms with Crippen LogP contribution in [0.5, 0.6) is 0 Å². The van der Waals surface area contributed by atoms with Gasteiger partial charge in [-0.05, 0) is 0 Å². The number of rotatable bonds is 0. The van der Waals surface area contributed by atoms with Crippen LogP contribution in [0.4, 0.5) is 0 Å². The predicted molar refractivity (Wildman–Crippen MR) is 1.11 cm³/mol. The summed E-state index contributed by atoms with van der Waals surface area (Å²) in [6, 6.07) is 0. The molecule has 0 radical (unpaired) electrons. The van der Waals surface area contributed by atoms with Crippen LogP contribution < -0.4 is 71.9 Å². The fourth-order valence-corrected chi connectivity index (χ4v) is 0. The molecule has 0 unspecified atom stereocenters. The summed E-state index contributed by atoms with van der Waals surface area (Å²) in [5, 5.41) is 0. The number of hydrogen-bond acceptors (Lipinski definition) is 0. The van der Waals surface area contributed by atoms with Crippen LogP contribution in [0, 0.1) is 0 Å². The molecule has 0 aliphatic carbocycles. The van der Waals surface area contributed by atoms with Crippen molar-refractivity contribution < 1.29 is 99.6 Å². The SMILES string of the molecule is [H-].[I-].[I-].[I-].[Zr+4]. The van der Waals surface area contributed by atoms with Crippen molar-refractivity contribution in [1.82, 2.24) is 0 Å². The molecule has 0 aromatic rings. The van der Waals surface area contributed by atoms with Gasteiger partial charge >= 0.3 is 26.2 Å². The fourth-order valence-electron chi connectivity index (χ4n) is 0. The van der Waals surface area contributed by atoms with Crippen LogP contribution in [0.15, 0.2) is 0 Å². The van der Waals surface area contributed by atoms with E-state index in [1.807, 2.05) is 0 Å². The van der Waals surface area contributed by atoms with Gasteiger partial charge in [-0.3, -0.25) is 0 Å². The molecule has 0 N–H and O–H groups in total. The minimum atomic E-state index is 0. The summed E-state index contributed by atoms with van der Waals surface area (Å²) in [6.07, 6.45) is 0. The number of halogens is 3. The van der Waals surface area contributed by atoms with Crippen LogP contribution in [-0.2, 0) is 26.2 Å². The zero-order chi connectivity index (χ0) is 0. The van der Waals surface area contributed by atoms with E-state index in [0.717, 1.165) is 0 Å². The maximum Gasteiger partial charge on any atom is 4.00 e. The summed E-state index contributed by atoms with van der Waals surface area (Å²) in [5.74, 6) is 0. The Morgan fingerprint density at radius 3 is 0.750 bits per heavy atom.